The van der Waals surface area contributed by atoms with Crippen molar-refractivity contribution in [3.05, 3.63) is 29.6 Å². The van der Waals surface area contributed by atoms with Crippen LogP contribution in [0.4, 0.5) is 5.95 Å². The van der Waals surface area contributed by atoms with E-state index in [0.717, 1.165) is 10.3 Å². The van der Waals surface area contributed by atoms with E-state index in [-0.39, 0.29) is 0 Å². The Morgan fingerprint density at radius 3 is 2.84 bits per heavy atom. The lowest BCUT2D eigenvalue weighted by atomic mass is 10.1. The molecule has 96 valence electrons. The molecular weight excluding hydrogens is 260 g/mol. The molecule has 3 aromatic rings. The summed E-state index contributed by atoms with van der Waals surface area (Å²) in [6, 6.07) is 8.48. The van der Waals surface area contributed by atoms with Gasteiger partial charge in [-0.25, -0.2) is 0 Å². The first kappa shape index (κ1) is 11.9. The number of anilines is 1. The average Bonchev–Trinajstić information content (AvgIpc) is 2.94. The molecule has 0 aliphatic heterocycles. The maximum absolute atomic E-state index is 5.11. The number of aromatic nitrogens is 3. The van der Waals surface area contributed by atoms with Gasteiger partial charge in [-0.3, -0.25) is 0 Å². The number of nitrogens with one attached hydrogen (secondary N) is 1. The lowest BCUT2D eigenvalue weighted by Gasteiger charge is -2.06. The fourth-order valence-corrected chi connectivity index (χ4v) is 2.76. The van der Waals surface area contributed by atoms with Gasteiger partial charge in [0, 0.05) is 17.3 Å². The minimum absolute atomic E-state index is 0.308. The molecule has 0 bridgehead atoms. The Bertz CT molecular complexity index is 703. The lowest BCUT2D eigenvalue weighted by Crippen LogP contribution is -2.03. The van der Waals surface area contributed by atoms with Crippen LogP contribution >= 0.6 is 11.3 Å². The van der Waals surface area contributed by atoms with Crippen LogP contribution in [0.5, 0.6) is 6.01 Å². The van der Waals surface area contributed by atoms with Crippen LogP contribution in [0, 0.1) is 0 Å². The van der Waals surface area contributed by atoms with E-state index in [1.165, 1.54) is 5.39 Å². The van der Waals surface area contributed by atoms with Gasteiger partial charge in [0.15, 0.2) is 5.82 Å². The number of methoxy groups -OCH3 is 1. The molecule has 19 heavy (non-hydrogen) atoms. The van der Waals surface area contributed by atoms with Crippen molar-refractivity contribution in [2.45, 2.75) is 0 Å². The first-order valence-corrected chi connectivity index (χ1v) is 6.64. The lowest BCUT2D eigenvalue weighted by molar-refractivity contribution is 0.379. The number of fused-ring (bicyclic) bond motifs is 1. The number of ether oxygens (including phenoxy) is 1. The van der Waals surface area contributed by atoms with Crippen molar-refractivity contribution in [2.75, 3.05) is 19.5 Å². The minimum Gasteiger partial charge on any atom is -0.467 e. The Hall–Kier alpha value is -2.21. The molecule has 3 rings (SSSR count). The molecule has 6 heteroatoms. The van der Waals surface area contributed by atoms with Crippen LogP contribution in [0.1, 0.15) is 0 Å². The summed E-state index contributed by atoms with van der Waals surface area (Å²) in [5.74, 6) is 1.11. The van der Waals surface area contributed by atoms with Crippen LogP contribution < -0.4 is 10.1 Å². The number of nitrogens with zero attached hydrogens (tertiary/aromatic N) is 3. The number of benzene rings is 1. The van der Waals surface area contributed by atoms with E-state index in [2.05, 4.69) is 37.8 Å². The summed E-state index contributed by atoms with van der Waals surface area (Å²) >= 11 is 1.67. The third-order valence-corrected chi connectivity index (χ3v) is 3.70. The van der Waals surface area contributed by atoms with Gasteiger partial charge in [-0.15, -0.1) is 11.3 Å². The van der Waals surface area contributed by atoms with Gasteiger partial charge in [-0.1, -0.05) is 12.1 Å². The Labute approximate surface area is 114 Å². The van der Waals surface area contributed by atoms with E-state index in [1.807, 2.05) is 12.1 Å². The Morgan fingerprint density at radius 1 is 1.16 bits per heavy atom. The van der Waals surface area contributed by atoms with Crippen molar-refractivity contribution in [1.82, 2.24) is 15.0 Å². The SMILES string of the molecule is CNc1nc(OC)nc(-c2cccc3ccsc23)n1. The molecule has 0 saturated heterocycles. The van der Waals surface area contributed by atoms with Crippen LogP contribution in [0.3, 0.4) is 0 Å². The smallest absolute Gasteiger partial charge is 0.321 e. The predicted octanol–water partition coefficient (Wildman–Crippen LogP) is 2.80. The molecule has 1 N–H and O–H groups in total. The van der Waals surface area contributed by atoms with E-state index in [1.54, 1.807) is 25.5 Å². The predicted molar refractivity (Wildman–Crippen MR) is 76.7 cm³/mol. The molecule has 0 radical (unpaired) electrons. The summed E-state index contributed by atoms with van der Waals surface area (Å²) in [5.41, 5.74) is 0.990. The molecular formula is C13H12N4OS. The van der Waals surface area contributed by atoms with E-state index < -0.39 is 0 Å². The molecule has 0 aliphatic rings. The summed E-state index contributed by atoms with van der Waals surface area (Å²) < 4.78 is 6.28. The normalized spacial score (nSPS) is 10.6. The van der Waals surface area contributed by atoms with E-state index in [0.29, 0.717) is 17.8 Å². The topological polar surface area (TPSA) is 59.9 Å². The highest BCUT2D eigenvalue weighted by Gasteiger charge is 2.11. The van der Waals surface area contributed by atoms with Gasteiger partial charge in [0.2, 0.25) is 5.95 Å². The molecule has 5 nitrogen and oxygen atoms in total. The van der Waals surface area contributed by atoms with Crippen LogP contribution in [0.15, 0.2) is 29.6 Å². The van der Waals surface area contributed by atoms with Crippen LogP contribution in [0.2, 0.25) is 0 Å². The second-order valence-electron chi connectivity index (χ2n) is 3.86. The molecule has 0 spiro atoms. The van der Waals surface area contributed by atoms with Crippen molar-refractivity contribution in [1.29, 1.82) is 0 Å². The molecule has 2 heterocycles. The molecule has 2 aromatic heterocycles. The summed E-state index contributed by atoms with van der Waals surface area (Å²) in [6.45, 7) is 0. The van der Waals surface area contributed by atoms with Crippen molar-refractivity contribution >= 4 is 27.4 Å². The quantitative estimate of drug-likeness (QED) is 0.794. The van der Waals surface area contributed by atoms with Gasteiger partial charge >= 0.3 is 6.01 Å². The first-order chi connectivity index (χ1) is 9.31. The molecule has 1 aromatic carbocycles. The van der Waals surface area contributed by atoms with Crippen molar-refractivity contribution in [3.63, 3.8) is 0 Å². The highest BCUT2D eigenvalue weighted by Crippen LogP contribution is 2.31. The Morgan fingerprint density at radius 2 is 2.05 bits per heavy atom. The molecule has 0 unspecified atom stereocenters. The largest absolute Gasteiger partial charge is 0.467 e. The maximum Gasteiger partial charge on any atom is 0.321 e. The monoisotopic (exact) mass is 272 g/mol. The van der Waals surface area contributed by atoms with E-state index in [9.17, 15) is 0 Å². The number of rotatable bonds is 3. The third kappa shape index (κ3) is 2.10. The second kappa shape index (κ2) is 4.81. The van der Waals surface area contributed by atoms with Crippen LogP contribution in [0.25, 0.3) is 21.5 Å². The fraction of sp³-hybridized carbons (Fsp3) is 0.154. The molecule has 0 atom stereocenters. The number of hydrogen-bond donors (Lipinski definition) is 1. The van der Waals surface area contributed by atoms with Gasteiger partial charge in [0.25, 0.3) is 0 Å². The highest BCUT2D eigenvalue weighted by atomic mass is 32.1. The summed E-state index contributed by atoms with van der Waals surface area (Å²) in [5, 5.41) is 6.16. The number of thiophene rings is 1. The van der Waals surface area contributed by atoms with E-state index >= 15 is 0 Å². The van der Waals surface area contributed by atoms with Crippen LogP contribution in [-0.2, 0) is 0 Å². The molecule has 0 saturated carbocycles. The van der Waals surface area contributed by atoms with Crippen molar-refractivity contribution < 1.29 is 4.74 Å². The summed E-state index contributed by atoms with van der Waals surface area (Å²) in [6.07, 6.45) is 0. The summed E-state index contributed by atoms with van der Waals surface area (Å²) in [7, 11) is 3.31. The minimum atomic E-state index is 0.308. The zero-order valence-electron chi connectivity index (χ0n) is 10.5. The zero-order chi connectivity index (χ0) is 13.2. The summed E-state index contributed by atoms with van der Waals surface area (Å²) in [4.78, 5) is 12.8. The fourth-order valence-electron chi connectivity index (χ4n) is 1.85. The first-order valence-electron chi connectivity index (χ1n) is 5.76. The Balaban J connectivity index is 2.23. The van der Waals surface area contributed by atoms with Gasteiger partial charge in [0.1, 0.15) is 0 Å². The zero-order valence-corrected chi connectivity index (χ0v) is 11.4. The Kier molecular flexibility index (Phi) is 3.00. The highest BCUT2D eigenvalue weighted by molar-refractivity contribution is 7.17. The van der Waals surface area contributed by atoms with Gasteiger partial charge in [-0.05, 0) is 22.9 Å². The van der Waals surface area contributed by atoms with Crippen molar-refractivity contribution in [3.8, 4) is 17.4 Å². The number of hydrogen-bond acceptors (Lipinski definition) is 6. The average molecular weight is 272 g/mol. The molecule has 0 amide bonds. The van der Waals surface area contributed by atoms with Gasteiger partial charge in [-0.2, -0.15) is 15.0 Å². The third-order valence-electron chi connectivity index (χ3n) is 2.74. The van der Waals surface area contributed by atoms with Crippen molar-refractivity contribution in [2.24, 2.45) is 0 Å². The molecule has 0 aliphatic carbocycles. The molecule has 0 fully saturated rings. The van der Waals surface area contributed by atoms with Gasteiger partial charge < -0.3 is 10.1 Å². The van der Waals surface area contributed by atoms with E-state index in [4.69, 9.17) is 4.74 Å². The maximum atomic E-state index is 5.11. The standard InChI is InChI=1S/C13H12N4OS/c1-14-12-15-11(16-13(17-12)18-2)9-5-3-4-8-6-7-19-10(8)9/h3-7H,1-2H3,(H,14,15,16,17). The van der Waals surface area contributed by atoms with Crippen LogP contribution in [-0.4, -0.2) is 29.1 Å². The van der Waals surface area contributed by atoms with Gasteiger partial charge in [0.05, 0.1) is 7.11 Å². The second-order valence-corrected chi connectivity index (χ2v) is 4.78.